The lowest BCUT2D eigenvalue weighted by Crippen LogP contribution is -2.10. The highest BCUT2D eigenvalue weighted by Crippen LogP contribution is 2.53. The SMILES string of the molecule is CCC(=O)c1cc(C(=O)CC2[C@H]3COC[C@@H]23)cc2c1OC[C@@H]2c1ccc(OCCN)cc1. The van der Waals surface area contributed by atoms with Gasteiger partial charge in [-0.25, -0.2) is 0 Å². The minimum Gasteiger partial charge on any atom is -0.492 e. The van der Waals surface area contributed by atoms with Crippen molar-refractivity contribution < 1.29 is 23.8 Å². The molecule has 2 aromatic carbocycles. The quantitative estimate of drug-likeness (QED) is 0.606. The van der Waals surface area contributed by atoms with Gasteiger partial charge in [0, 0.05) is 36.4 Å². The Labute approximate surface area is 188 Å². The molecule has 0 bridgehead atoms. The molecule has 6 nitrogen and oxygen atoms in total. The van der Waals surface area contributed by atoms with Crippen LogP contribution in [0.4, 0.5) is 0 Å². The van der Waals surface area contributed by atoms with Crippen molar-refractivity contribution in [3.05, 3.63) is 58.7 Å². The van der Waals surface area contributed by atoms with E-state index >= 15 is 0 Å². The van der Waals surface area contributed by atoms with Gasteiger partial charge in [-0.2, -0.15) is 0 Å². The molecule has 5 rings (SSSR count). The fourth-order valence-corrected chi connectivity index (χ4v) is 5.13. The first kappa shape index (κ1) is 21.2. The molecular weight excluding hydrogens is 406 g/mol. The van der Waals surface area contributed by atoms with Crippen LogP contribution in [0.3, 0.4) is 0 Å². The zero-order valence-corrected chi connectivity index (χ0v) is 18.3. The van der Waals surface area contributed by atoms with Crippen molar-refractivity contribution >= 4 is 11.6 Å². The average Bonchev–Trinajstić information content (AvgIpc) is 3.18. The Morgan fingerprint density at radius 2 is 1.81 bits per heavy atom. The fourth-order valence-electron chi connectivity index (χ4n) is 5.13. The van der Waals surface area contributed by atoms with Crippen LogP contribution in [0.15, 0.2) is 36.4 Å². The number of hydrogen-bond acceptors (Lipinski definition) is 6. The molecule has 6 heteroatoms. The number of ketones is 2. The first-order valence-corrected chi connectivity index (χ1v) is 11.5. The van der Waals surface area contributed by atoms with E-state index in [2.05, 4.69) is 0 Å². The van der Waals surface area contributed by atoms with Gasteiger partial charge in [0.1, 0.15) is 18.1 Å². The second kappa shape index (κ2) is 8.68. The monoisotopic (exact) mass is 435 g/mol. The number of rotatable bonds is 9. The Balaban J connectivity index is 1.43. The van der Waals surface area contributed by atoms with Crippen molar-refractivity contribution in [2.24, 2.45) is 23.5 Å². The number of hydrogen-bond donors (Lipinski definition) is 1. The summed E-state index contributed by atoms with van der Waals surface area (Å²) in [5.74, 6) is 2.94. The molecule has 1 unspecified atom stereocenters. The summed E-state index contributed by atoms with van der Waals surface area (Å²) < 4.78 is 17.0. The number of ether oxygens (including phenoxy) is 3. The summed E-state index contributed by atoms with van der Waals surface area (Å²) in [5, 5.41) is 0. The van der Waals surface area contributed by atoms with Gasteiger partial charge in [-0.3, -0.25) is 9.59 Å². The summed E-state index contributed by atoms with van der Waals surface area (Å²) >= 11 is 0. The minimum atomic E-state index is -0.0292. The van der Waals surface area contributed by atoms with Gasteiger partial charge in [-0.05, 0) is 47.6 Å². The Morgan fingerprint density at radius 3 is 2.50 bits per heavy atom. The maximum atomic E-state index is 13.2. The van der Waals surface area contributed by atoms with E-state index in [1.807, 2.05) is 37.3 Å². The number of nitrogens with two attached hydrogens (primary N) is 1. The molecule has 32 heavy (non-hydrogen) atoms. The normalized spacial score (nSPS) is 25.1. The first-order chi connectivity index (χ1) is 15.6. The molecular formula is C26H29NO5. The van der Waals surface area contributed by atoms with Crippen LogP contribution in [0.25, 0.3) is 0 Å². The van der Waals surface area contributed by atoms with E-state index in [0.29, 0.717) is 67.2 Å². The summed E-state index contributed by atoms with van der Waals surface area (Å²) in [6.45, 7) is 4.76. The third-order valence-corrected chi connectivity index (χ3v) is 7.05. The van der Waals surface area contributed by atoms with E-state index in [4.69, 9.17) is 19.9 Å². The average molecular weight is 436 g/mol. The van der Waals surface area contributed by atoms with E-state index in [0.717, 1.165) is 30.1 Å². The van der Waals surface area contributed by atoms with Gasteiger partial charge < -0.3 is 19.9 Å². The van der Waals surface area contributed by atoms with Gasteiger partial charge in [0.2, 0.25) is 0 Å². The fraction of sp³-hybridized carbons (Fsp3) is 0.462. The minimum absolute atomic E-state index is 0.00114. The number of Topliss-reactive ketones (excluding diaryl/α,β-unsaturated/α-hetero) is 2. The van der Waals surface area contributed by atoms with E-state index in [1.54, 1.807) is 6.07 Å². The lowest BCUT2D eigenvalue weighted by molar-refractivity contribution is 0.0950. The van der Waals surface area contributed by atoms with Crippen LogP contribution in [0.2, 0.25) is 0 Å². The highest BCUT2D eigenvalue weighted by molar-refractivity contribution is 6.04. The Morgan fingerprint density at radius 1 is 1.06 bits per heavy atom. The molecule has 168 valence electrons. The van der Waals surface area contributed by atoms with Crippen LogP contribution < -0.4 is 15.2 Å². The van der Waals surface area contributed by atoms with Gasteiger partial charge in [-0.15, -0.1) is 0 Å². The van der Waals surface area contributed by atoms with Crippen LogP contribution in [0.5, 0.6) is 11.5 Å². The topological polar surface area (TPSA) is 87.9 Å². The maximum Gasteiger partial charge on any atom is 0.166 e. The summed E-state index contributed by atoms with van der Waals surface area (Å²) in [6, 6.07) is 11.5. The van der Waals surface area contributed by atoms with Crippen molar-refractivity contribution in [1.82, 2.24) is 0 Å². The molecule has 2 fully saturated rings. The summed E-state index contributed by atoms with van der Waals surface area (Å²) in [6.07, 6.45) is 0.894. The highest BCUT2D eigenvalue weighted by atomic mass is 16.5. The standard InChI is InChI=1S/C26H29NO5/c1-2-24(28)20-10-16(25(29)11-18-22-12-30-13-23(18)22)9-19-21(14-32-26(19)20)15-3-5-17(6-4-15)31-8-7-27/h3-6,9-10,18,21-23H,2,7-8,11-14,27H2,1H3/t18?,21-,22-,23+/m1/s1. The third kappa shape index (κ3) is 3.82. The molecule has 1 saturated heterocycles. The number of benzene rings is 2. The molecule has 3 aliphatic rings. The Bertz CT molecular complexity index is 1020. The third-order valence-electron chi connectivity index (χ3n) is 7.05. The van der Waals surface area contributed by atoms with Crippen LogP contribution in [-0.4, -0.2) is 44.5 Å². The van der Waals surface area contributed by atoms with Gasteiger partial charge in [-0.1, -0.05) is 19.1 Å². The lowest BCUT2D eigenvalue weighted by atomic mass is 9.88. The van der Waals surface area contributed by atoms with Crippen molar-refractivity contribution in [2.75, 3.05) is 33.0 Å². The van der Waals surface area contributed by atoms with Crippen molar-refractivity contribution in [1.29, 1.82) is 0 Å². The van der Waals surface area contributed by atoms with E-state index in [-0.39, 0.29) is 17.5 Å². The molecule has 0 amide bonds. The van der Waals surface area contributed by atoms with Crippen LogP contribution >= 0.6 is 0 Å². The zero-order chi connectivity index (χ0) is 22.2. The molecule has 1 saturated carbocycles. The Kier molecular flexibility index (Phi) is 5.74. The molecule has 0 spiro atoms. The van der Waals surface area contributed by atoms with Crippen LogP contribution in [-0.2, 0) is 4.74 Å². The molecule has 2 aromatic rings. The van der Waals surface area contributed by atoms with E-state index < -0.39 is 0 Å². The summed E-state index contributed by atoms with van der Waals surface area (Å²) in [5.41, 5.74) is 8.63. The molecule has 0 aromatic heterocycles. The van der Waals surface area contributed by atoms with Gasteiger partial charge in [0.15, 0.2) is 11.6 Å². The van der Waals surface area contributed by atoms with Gasteiger partial charge >= 0.3 is 0 Å². The number of fused-ring (bicyclic) bond motifs is 2. The first-order valence-electron chi connectivity index (χ1n) is 11.5. The lowest BCUT2D eigenvalue weighted by Gasteiger charge is -2.13. The van der Waals surface area contributed by atoms with Crippen LogP contribution in [0, 0.1) is 17.8 Å². The second-order valence-corrected chi connectivity index (χ2v) is 8.94. The predicted octanol–water partition coefficient (Wildman–Crippen LogP) is 3.61. The van der Waals surface area contributed by atoms with Gasteiger partial charge in [0.05, 0.1) is 25.4 Å². The zero-order valence-electron chi connectivity index (χ0n) is 18.3. The smallest absolute Gasteiger partial charge is 0.166 e. The molecule has 2 N–H and O–H groups in total. The number of carbonyl (C=O) groups is 2. The summed E-state index contributed by atoms with van der Waals surface area (Å²) in [7, 11) is 0. The Hall–Kier alpha value is -2.70. The van der Waals surface area contributed by atoms with Crippen molar-refractivity contribution in [3.8, 4) is 11.5 Å². The largest absolute Gasteiger partial charge is 0.492 e. The molecule has 2 heterocycles. The van der Waals surface area contributed by atoms with Gasteiger partial charge in [0.25, 0.3) is 0 Å². The van der Waals surface area contributed by atoms with E-state index in [9.17, 15) is 9.59 Å². The molecule has 2 aliphatic heterocycles. The molecule has 1 aliphatic carbocycles. The van der Waals surface area contributed by atoms with Crippen molar-refractivity contribution in [3.63, 3.8) is 0 Å². The van der Waals surface area contributed by atoms with Crippen molar-refractivity contribution in [2.45, 2.75) is 25.7 Å². The molecule has 4 atom stereocenters. The van der Waals surface area contributed by atoms with Crippen LogP contribution in [0.1, 0.15) is 57.5 Å². The van der Waals surface area contributed by atoms with E-state index in [1.165, 1.54) is 0 Å². The maximum absolute atomic E-state index is 13.2. The summed E-state index contributed by atoms with van der Waals surface area (Å²) in [4.78, 5) is 25.9. The second-order valence-electron chi connectivity index (χ2n) is 8.94. The predicted molar refractivity (Wildman–Crippen MR) is 120 cm³/mol. The molecule has 0 radical (unpaired) electrons. The highest BCUT2D eigenvalue weighted by Gasteiger charge is 2.54. The number of carbonyl (C=O) groups excluding carboxylic acids is 2.